The van der Waals surface area contributed by atoms with Crippen LogP contribution in [-0.2, 0) is 6.42 Å². The van der Waals surface area contributed by atoms with Crippen LogP contribution in [0.25, 0.3) is 0 Å². The number of nitrogens with one attached hydrogen (secondary N) is 1. The highest BCUT2D eigenvalue weighted by atomic mass is 32.2. The van der Waals surface area contributed by atoms with Gasteiger partial charge in [0.05, 0.1) is 0 Å². The molecule has 0 atom stereocenters. The van der Waals surface area contributed by atoms with E-state index in [0.717, 1.165) is 22.6 Å². The van der Waals surface area contributed by atoms with Crippen LogP contribution in [0.5, 0.6) is 0 Å². The summed E-state index contributed by atoms with van der Waals surface area (Å²) in [5.41, 5.74) is 0. The van der Waals surface area contributed by atoms with Gasteiger partial charge in [-0.2, -0.15) is 16.1 Å². The van der Waals surface area contributed by atoms with Crippen LogP contribution in [0.4, 0.5) is 5.13 Å². The number of aromatic nitrogens is 2. The number of thioether (sulfide) groups is 1. The van der Waals surface area contributed by atoms with Crippen molar-refractivity contribution in [2.45, 2.75) is 50.3 Å². The van der Waals surface area contributed by atoms with Crippen LogP contribution in [0.1, 0.15) is 38.4 Å². The van der Waals surface area contributed by atoms with E-state index in [2.05, 4.69) is 27.9 Å². The van der Waals surface area contributed by atoms with Crippen LogP contribution < -0.4 is 5.32 Å². The van der Waals surface area contributed by atoms with Crippen molar-refractivity contribution in [3.8, 4) is 0 Å². The van der Waals surface area contributed by atoms with Gasteiger partial charge in [0.25, 0.3) is 0 Å². The molecule has 1 aliphatic carbocycles. The zero-order chi connectivity index (χ0) is 11.4. The Morgan fingerprint density at radius 2 is 2.12 bits per heavy atom. The van der Waals surface area contributed by atoms with E-state index in [1.165, 1.54) is 37.2 Å². The quantitative estimate of drug-likeness (QED) is 0.899. The van der Waals surface area contributed by atoms with E-state index in [1.54, 1.807) is 0 Å². The SMILES string of the molecule is CCc1nsc(NC2CCC(SC)CC2)n1. The van der Waals surface area contributed by atoms with E-state index < -0.39 is 0 Å². The standard InChI is InChI=1S/C11H19N3S2/c1-3-10-13-11(16-14-10)12-8-4-6-9(15-2)7-5-8/h8-9H,3-7H2,1-2H3,(H,12,13,14). The first kappa shape index (κ1) is 12.2. The number of anilines is 1. The fraction of sp³-hybridized carbons (Fsp3) is 0.818. The number of nitrogens with zero attached hydrogens (tertiary/aromatic N) is 2. The van der Waals surface area contributed by atoms with Gasteiger partial charge in [-0.3, -0.25) is 0 Å². The van der Waals surface area contributed by atoms with Gasteiger partial charge in [-0.15, -0.1) is 0 Å². The molecule has 0 spiro atoms. The van der Waals surface area contributed by atoms with E-state index in [4.69, 9.17) is 0 Å². The molecule has 0 unspecified atom stereocenters. The zero-order valence-electron chi connectivity index (χ0n) is 9.90. The molecule has 0 bridgehead atoms. The molecule has 1 aliphatic rings. The van der Waals surface area contributed by atoms with Gasteiger partial charge in [-0.1, -0.05) is 6.92 Å². The fourth-order valence-corrected chi connectivity index (χ4v) is 3.54. The molecule has 1 saturated carbocycles. The Morgan fingerprint density at radius 1 is 1.38 bits per heavy atom. The van der Waals surface area contributed by atoms with Gasteiger partial charge < -0.3 is 5.32 Å². The molecule has 1 aromatic heterocycles. The van der Waals surface area contributed by atoms with Crippen molar-refractivity contribution >= 4 is 28.4 Å². The first-order chi connectivity index (χ1) is 7.81. The molecule has 2 rings (SSSR count). The van der Waals surface area contributed by atoms with Crippen molar-refractivity contribution in [1.29, 1.82) is 0 Å². The van der Waals surface area contributed by atoms with Gasteiger partial charge in [0.15, 0.2) is 0 Å². The second kappa shape index (κ2) is 5.87. The van der Waals surface area contributed by atoms with Crippen molar-refractivity contribution < 1.29 is 0 Å². The predicted molar refractivity (Wildman–Crippen MR) is 72.5 cm³/mol. The highest BCUT2D eigenvalue weighted by Gasteiger charge is 2.20. The van der Waals surface area contributed by atoms with Crippen molar-refractivity contribution in [2.24, 2.45) is 0 Å². The summed E-state index contributed by atoms with van der Waals surface area (Å²) in [6, 6.07) is 0.612. The highest BCUT2D eigenvalue weighted by molar-refractivity contribution is 7.99. The van der Waals surface area contributed by atoms with E-state index in [9.17, 15) is 0 Å². The minimum absolute atomic E-state index is 0.612. The molecule has 90 valence electrons. The maximum Gasteiger partial charge on any atom is 0.202 e. The molecule has 0 amide bonds. The van der Waals surface area contributed by atoms with Crippen LogP contribution in [0, 0.1) is 0 Å². The van der Waals surface area contributed by atoms with E-state index in [0.29, 0.717) is 6.04 Å². The predicted octanol–water partition coefficient (Wildman–Crippen LogP) is 3.19. The molecule has 16 heavy (non-hydrogen) atoms. The lowest BCUT2D eigenvalue weighted by Crippen LogP contribution is -2.26. The van der Waals surface area contributed by atoms with Crippen molar-refractivity contribution in [3.63, 3.8) is 0 Å². The van der Waals surface area contributed by atoms with Gasteiger partial charge in [0.1, 0.15) is 5.82 Å². The van der Waals surface area contributed by atoms with E-state index >= 15 is 0 Å². The Morgan fingerprint density at radius 3 is 2.69 bits per heavy atom. The van der Waals surface area contributed by atoms with Crippen LogP contribution in [-0.4, -0.2) is 26.9 Å². The Hall–Kier alpha value is -0.290. The molecular formula is C11H19N3S2. The summed E-state index contributed by atoms with van der Waals surface area (Å²) >= 11 is 3.51. The second-order valence-corrected chi connectivity index (χ2v) is 6.11. The van der Waals surface area contributed by atoms with Crippen molar-refractivity contribution in [1.82, 2.24) is 9.36 Å². The molecule has 3 nitrogen and oxygen atoms in total. The Balaban J connectivity index is 1.82. The van der Waals surface area contributed by atoms with Gasteiger partial charge in [0.2, 0.25) is 5.13 Å². The molecule has 1 fully saturated rings. The zero-order valence-corrected chi connectivity index (χ0v) is 11.5. The summed E-state index contributed by atoms with van der Waals surface area (Å²) < 4.78 is 4.30. The molecule has 1 aromatic rings. The third-order valence-corrected chi connectivity index (χ3v) is 4.94. The number of hydrogen-bond acceptors (Lipinski definition) is 5. The summed E-state index contributed by atoms with van der Waals surface area (Å²) in [4.78, 5) is 4.45. The molecule has 1 heterocycles. The normalized spacial score (nSPS) is 25.6. The lowest BCUT2D eigenvalue weighted by atomic mass is 9.95. The summed E-state index contributed by atoms with van der Waals surface area (Å²) in [6.07, 6.45) is 8.35. The second-order valence-electron chi connectivity index (χ2n) is 4.22. The lowest BCUT2D eigenvalue weighted by molar-refractivity contribution is 0.473. The summed E-state index contributed by atoms with van der Waals surface area (Å²) in [5.74, 6) is 0.963. The summed E-state index contributed by atoms with van der Waals surface area (Å²) in [6.45, 7) is 2.09. The van der Waals surface area contributed by atoms with Crippen molar-refractivity contribution in [2.75, 3.05) is 11.6 Å². The summed E-state index contributed by atoms with van der Waals surface area (Å²) in [5, 5.41) is 5.39. The van der Waals surface area contributed by atoms with Gasteiger partial charge in [0, 0.05) is 29.2 Å². The number of rotatable bonds is 4. The van der Waals surface area contributed by atoms with Crippen molar-refractivity contribution in [3.05, 3.63) is 5.82 Å². The Kier molecular flexibility index (Phi) is 4.46. The van der Waals surface area contributed by atoms with Gasteiger partial charge >= 0.3 is 0 Å². The average Bonchev–Trinajstić information content (AvgIpc) is 2.78. The monoisotopic (exact) mass is 257 g/mol. The Bertz CT molecular complexity index is 319. The van der Waals surface area contributed by atoms with Crippen LogP contribution >= 0.6 is 23.3 Å². The van der Waals surface area contributed by atoms with Crippen LogP contribution in [0.3, 0.4) is 0 Å². The fourth-order valence-electron chi connectivity index (χ4n) is 2.07. The maximum absolute atomic E-state index is 4.45. The summed E-state index contributed by atoms with van der Waals surface area (Å²) in [7, 11) is 0. The largest absolute Gasteiger partial charge is 0.358 e. The van der Waals surface area contributed by atoms with Gasteiger partial charge in [-0.05, 0) is 31.9 Å². The lowest BCUT2D eigenvalue weighted by Gasteiger charge is -2.27. The maximum atomic E-state index is 4.45. The third kappa shape index (κ3) is 3.10. The number of hydrogen-bond donors (Lipinski definition) is 1. The molecule has 0 saturated heterocycles. The smallest absolute Gasteiger partial charge is 0.202 e. The van der Waals surface area contributed by atoms with Gasteiger partial charge in [-0.25, -0.2) is 4.98 Å². The topological polar surface area (TPSA) is 37.8 Å². The van der Waals surface area contributed by atoms with Crippen LogP contribution in [0.2, 0.25) is 0 Å². The van der Waals surface area contributed by atoms with E-state index in [1.807, 2.05) is 11.8 Å². The average molecular weight is 257 g/mol. The minimum Gasteiger partial charge on any atom is -0.358 e. The minimum atomic E-state index is 0.612. The molecule has 1 N–H and O–H groups in total. The third-order valence-electron chi connectivity index (χ3n) is 3.12. The van der Waals surface area contributed by atoms with E-state index in [-0.39, 0.29) is 0 Å². The molecule has 0 aliphatic heterocycles. The van der Waals surface area contributed by atoms with Crippen LogP contribution in [0.15, 0.2) is 0 Å². The Labute approximate surface area is 106 Å². The highest BCUT2D eigenvalue weighted by Crippen LogP contribution is 2.28. The molecule has 0 radical (unpaired) electrons. The molecule has 5 heteroatoms. The number of aryl methyl sites for hydroxylation is 1. The first-order valence-corrected chi connectivity index (χ1v) is 8.00. The first-order valence-electron chi connectivity index (χ1n) is 5.93. The molecular weight excluding hydrogens is 238 g/mol. The molecule has 0 aromatic carbocycles.